The first kappa shape index (κ1) is 16.3. The number of aromatic nitrogens is 3. The maximum atomic E-state index is 6.06. The fourth-order valence-electron chi connectivity index (χ4n) is 4.94. The minimum absolute atomic E-state index is 0.246. The van der Waals surface area contributed by atoms with Gasteiger partial charge in [0.25, 0.3) is 0 Å². The molecule has 1 aromatic carbocycles. The second-order valence-electron chi connectivity index (χ2n) is 8.87. The smallest absolute Gasteiger partial charge is 0.161 e. The van der Waals surface area contributed by atoms with E-state index in [1.54, 1.807) is 0 Å². The summed E-state index contributed by atoms with van der Waals surface area (Å²) in [4.78, 5) is 9.95. The molecule has 1 spiro atoms. The normalized spacial score (nSPS) is 24.9. The van der Waals surface area contributed by atoms with Crippen LogP contribution in [0.4, 0.5) is 0 Å². The van der Waals surface area contributed by atoms with Gasteiger partial charge in [0.2, 0.25) is 0 Å². The van der Waals surface area contributed by atoms with E-state index in [2.05, 4.69) is 48.8 Å². The van der Waals surface area contributed by atoms with E-state index in [1.165, 1.54) is 12.0 Å². The van der Waals surface area contributed by atoms with Crippen LogP contribution in [0.15, 0.2) is 42.5 Å². The third-order valence-corrected chi connectivity index (χ3v) is 6.36. The number of para-hydroxylation sites is 1. The zero-order valence-corrected chi connectivity index (χ0v) is 16.2. The van der Waals surface area contributed by atoms with E-state index in [-0.39, 0.29) is 5.41 Å². The van der Waals surface area contributed by atoms with Gasteiger partial charge in [-0.25, -0.2) is 9.97 Å². The predicted octanol–water partition coefficient (Wildman–Crippen LogP) is 4.30. The molecule has 4 heterocycles. The molecule has 3 aromatic rings. The molecule has 1 unspecified atom stereocenters. The van der Waals surface area contributed by atoms with Crippen molar-refractivity contribution in [3.63, 3.8) is 0 Å². The molecule has 5 heteroatoms. The molecule has 0 N–H and O–H groups in total. The van der Waals surface area contributed by atoms with E-state index in [0.29, 0.717) is 19.8 Å². The SMILES string of the molecule is CC1(C)C=C(c2ccc3nc4n(c3n2)C2(COC4)COc3ccccc32)CC1. The van der Waals surface area contributed by atoms with E-state index in [0.717, 1.165) is 40.4 Å². The second-order valence-corrected chi connectivity index (χ2v) is 8.87. The Morgan fingerprint density at radius 2 is 1.93 bits per heavy atom. The summed E-state index contributed by atoms with van der Waals surface area (Å²) < 4.78 is 14.3. The van der Waals surface area contributed by atoms with Gasteiger partial charge in [0.15, 0.2) is 5.65 Å². The van der Waals surface area contributed by atoms with Crippen molar-refractivity contribution in [2.75, 3.05) is 13.2 Å². The van der Waals surface area contributed by atoms with Gasteiger partial charge in [-0.3, -0.25) is 4.57 Å². The van der Waals surface area contributed by atoms with Crippen molar-refractivity contribution in [2.24, 2.45) is 5.41 Å². The molecule has 28 heavy (non-hydrogen) atoms. The third kappa shape index (κ3) is 2.17. The molecule has 0 saturated heterocycles. The van der Waals surface area contributed by atoms with Crippen LogP contribution in [0.25, 0.3) is 16.7 Å². The van der Waals surface area contributed by atoms with Gasteiger partial charge < -0.3 is 9.47 Å². The van der Waals surface area contributed by atoms with Crippen LogP contribution in [0.3, 0.4) is 0 Å². The summed E-state index contributed by atoms with van der Waals surface area (Å²) in [6.07, 6.45) is 4.62. The minimum atomic E-state index is -0.395. The van der Waals surface area contributed by atoms with E-state index >= 15 is 0 Å². The van der Waals surface area contributed by atoms with Gasteiger partial charge >= 0.3 is 0 Å². The van der Waals surface area contributed by atoms with Crippen LogP contribution in [-0.2, 0) is 16.9 Å². The molecule has 1 aliphatic carbocycles. The van der Waals surface area contributed by atoms with Crippen LogP contribution in [0, 0.1) is 5.41 Å². The number of ether oxygens (including phenoxy) is 2. The average Bonchev–Trinajstić information content (AvgIpc) is 3.36. The monoisotopic (exact) mass is 373 g/mol. The van der Waals surface area contributed by atoms with Gasteiger partial charge in [-0.2, -0.15) is 0 Å². The molecular formula is C23H23N3O2. The lowest BCUT2D eigenvalue weighted by Crippen LogP contribution is -2.45. The summed E-state index contributed by atoms with van der Waals surface area (Å²) in [6.45, 7) is 6.21. The van der Waals surface area contributed by atoms with Crippen molar-refractivity contribution in [3.8, 4) is 5.75 Å². The van der Waals surface area contributed by atoms with Gasteiger partial charge in [-0.15, -0.1) is 0 Å². The minimum Gasteiger partial charge on any atom is -0.490 e. The molecule has 0 amide bonds. The van der Waals surface area contributed by atoms with Crippen LogP contribution in [0.1, 0.15) is 43.8 Å². The van der Waals surface area contributed by atoms with Gasteiger partial charge in [0.05, 0.1) is 12.3 Å². The Morgan fingerprint density at radius 3 is 2.79 bits per heavy atom. The van der Waals surface area contributed by atoms with Crippen LogP contribution >= 0.6 is 0 Å². The summed E-state index contributed by atoms with van der Waals surface area (Å²) in [7, 11) is 0. The van der Waals surface area contributed by atoms with Gasteiger partial charge in [-0.05, 0) is 42.0 Å². The van der Waals surface area contributed by atoms with E-state index < -0.39 is 5.54 Å². The maximum Gasteiger partial charge on any atom is 0.161 e. The summed E-state index contributed by atoms with van der Waals surface area (Å²) >= 11 is 0. The Hall–Kier alpha value is -2.66. The molecule has 6 rings (SSSR count). The molecule has 5 nitrogen and oxygen atoms in total. The Kier molecular flexibility index (Phi) is 3.17. The molecule has 0 radical (unpaired) electrons. The van der Waals surface area contributed by atoms with Crippen LogP contribution < -0.4 is 4.74 Å². The summed E-state index contributed by atoms with van der Waals surface area (Å²) in [5.74, 6) is 1.85. The number of hydrogen-bond acceptors (Lipinski definition) is 4. The highest BCUT2D eigenvalue weighted by Gasteiger charge is 2.47. The molecule has 0 fully saturated rings. The Morgan fingerprint density at radius 1 is 1.04 bits per heavy atom. The number of pyridine rings is 1. The maximum absolute atomic E-state index is 6.06. The van der Waals surface area contributed by atoms with Crippen molar-refractivity contribution in [1.82, 2.24) is 14.5 Å². The lowest BCUT2D eigenvalue weighted by Gasteiger charge is -2.34. The fourth-order valence-corrected chi connectivity index (χ4v) is 4.94. The van der Waals surface area contributed by atoms with Crippen molar-refractivity contribution in [2.45, 2.75) is 38.8 Å². The summed E-state index contributed by atoms with van der Waals surface area (Å²) in [5.41, 5.74) is 5.27. The number of allylic oxidation sites excluding steroid dienone is 2. The van der Waals surface area contributed by atoms with Crippen molar-refractivity contribution < 1.29 is 9.47 Å². The fraction of sp³-hybridized carbons (Fsp3) is 0.391. The van der Waals surface area contributed by atoms with E-state index in [4.69, 9.17) is 19.4 Å². The molecule has 2 aliphatic heterocycles. The predicted molar refractivity (Wildman–Crippen MR) is 107 cm³/mol. The Balaban J connectivity index is 1.57. The average molecular weight is 373 g/mol. The Labute approximate surface area is 164 Å². The van der Waals surface area contributed by atoms with Gasteiger partial charge in [0, 0.05) is 5.56 Å². The topological polar surface area (TPSA) is 49.2 Å². The van der Waals surface area contributed by atoms with Crippen LogP contribution in [-0.4, -0.2) is 27.7 Å². The van der Waals surface area contributed by atoms with E-state index in [1.807, 2.05) is 12.1 Å². The first-order chi connectivity index (χ1) is 13.6. The standard InChI is InChI=1S/C23H23N3O2/c1-22(2)10-9-15(11-22)17-7-8-18-21(25-17)26-20(24-18)12-27-13-23(26)14-28-19-6-4-3-5-16(19)23/h3-8,11H,9-10,12-14H2,1-2H3. The first-order valence-electron chi connectivity index (χ1n) is 9.97. The van der Waals surface area contributed by atoms with Gasteiger partial charge in [0.1, 0.15) is 35.8 Å². The zero-order chi connectivity index (χ0) is 18.9. The largest absolute Gasteiger partial charge is 0.490 e. The number of fused-ring (bicyclic) bond motifs is 6. The molecule has 1 atom stereocenters. The number of hydrogen-bond donors (Lipinski definition) is 0. The molecule has 0 bridgehead atoms. The highest BCUT2D eigenvalue weighted by molar-refractivity contribution is 5.77. The number of imidazole rings is 1. The first-order valence-corrected chi connectivity index (χ1v) is 9.97. The molecule has 142 valence electrons. The van der Waals surface area contributed by atoms with Gasteiger partial charge in [-0.1, -0.05) is 38.1 Å². The quantitative estimate of drug-likeness (QED) is 0.638. The van der Waals surface area contributed by atoms with Crippen molar-refractivity contribution in [1.29, 1.82) is 0 Å². The number of nitrogens with zero attached hydrogens (tertiary/aromatic N) is 3. The summed E-state index contributed by atoms with van der Waals surface area (Å²) in [6, 6.07) is 12.5. The highest BCUT2D eigenvalue weighted by atomic mass is 16.5. The lowest BCUT2D eigenvalue weighted by molar-refractivity contribution is 0.0134. The molecule has 0 saturated carbocycles. The Bertz CT molecular complexity index is 1140. The molecular weight excluding hydrogens is 350 g/mol. The summed E-state index contributed by atoms with van der Waals surface area (Å²) in [5, 5.41) is 0. The number of rotatable bonds is 1. The van der Waals surface area contributed by atoms with Crippen molar-refractivity contribution in [3.05, 3.63) is 59.6 Å². The molecule has 2 aromatic heterocycles. The third-order valence-electron chi connectivity index (χ3n) is 6.36. The zero-order valence-electron chi connectivity index (χ0n) is 16.2. The second kappa shape index (κ2) is 5.45. The lowest BCUT2D eigenvalue weighted by atomic mass is 9.91. The highest BCUT2D eigenvalue weighted by Crippen LogP contribution is 2.45. The van der Waals surface area contributed by atoms with E-state index in [9.17, 15) is 0 Å². The van der Waals surface area contributed by atoms with Crippen molar-refractivity contribution >= 4 is 16.7 Å². The number of benzene rings is 1. The molecule has 3 aliphatic rings. The van der Waals surface area contributed by atoms with Crippen LogP contribution in [0.5, 0.6) is 5.75 Å². The van der Waals surface area contributed by atoms with Crippen LogP contribution in [0.2, 0.25) is 0 Å².